The van der Waals surface area contributed by atoms with Gasteiger partial charge in [0.2, 0.25) is 0 Å². The molecule has 0 fully saturated rings. The second-order valence-corrected chi connectivity index (χ2v) is 4.69. The second kappa shape index (κ2) is 5.69. The maximum absolute atomic E-state index is 13.6. The highest BCUT2D eigenvalue weighted by Gasteiger charge is 2.28. The number of carboxylic acid groups (broad SMARTS) is 1. The van der Waals surface area contributed by atoms with E-state index >= 15 is 0 Å². The van der Waals surface area contributed by atoms with Gasteiger partial charge in [0, 0.05) is 6.54 Å². The highest BCUT2D eigenvalue weighted by molar-refractivity contribution is 5.97. The molecule has 0 saturated heterocycles. The first kappa shape index (κ1) is 14.9. The molecule has 0 spiro atoms. The Morgan fingerprint density at radius 1 is 1.42 bits per heavy atom. The molecule has 0 aliphatic carbocycles. The number of ether oxygens (including phenoxy) is 1. The van der Waals surface area contributed by atoms with E-state index in [1.54, 1.807) is 0 Å². The molecule has 1 rings (SSSR count). The third-order valence-electron chi connectivity index (χ3n) is 2.69. The number of amides is 1. The van der Waals surface area contributed by atoms with Gasteiger partial charge < -0.3 is 15.2 Å². The number of halogens is 1. The van der Waals surface area contributed by atoms with Gasteiger partial charge in [0.05, 0.1) is 12.5 Å². The number of nitrogens with one attached hydrogen (secondary N) is 1. The Hall–Kier alpha value is -2.11. The maximum Gasteiger partial charge on any atom is 0.310 e. The number of hydrogen-bond acceptors (Lipinski definition) is 3. The van der Waals surface area contributed by atoms with Crippen LogP contribution in [0.1, 0.15) is 24.2 Å². The van der Waals surface area contributed by atoms with Gasteiger partial charge in [-0.25, -0.2) is 4.39 Å². The van der Waals surface area contributed by atoms with E-state index in [1.807, 2.05) is 0 Å². The van der Waals surface area contributed by atoms with Gasteiger partial charge in [-0.15, -0.1) is 0 Å². The lowest BCUT2D eigenvalue weighted by Crippen LogP contribution is -2.39. The Bertz CT molecular complexity index is 499. The highest BCUT2D eigenvalue weighted by Crippen LogP contribution is 2.21. The molecule has 0 heterocycles. The van der Waals surface area contributed by atoms with Crippen molar-refractivity contribution < 1.29 is 23.8 Å². The van der Waals surface area contributed by atoms with Crippen molar-refractivity contribution >= 4 is 11.9 Å². The molecule has 6 heteroatoms. The van der Waals surface area contributed by atoms with Crippen LogP contribution >= 0.6 is 0 Å². The molecule has 5 nitrogen and oxygen atoms in total. The van der Waals surface area contributed by atoms with Crippen molar-refractivity contribution in [2.24, 2.45) is 5.41 Å². The molecule has 0 radical (unpaired) electrons. The van der Waals surface area contributed by atoms with Crippen LogP contribution in [-0.4, -0.2) is 30.6 Å². The average molecular weight is 269 g/mol. The van der Waals surface area contributed by atoms with E-state index in [4.69, 9.17) is 9.84 Å². The van der Waals surface area contributed by atoms with Gasteiger partial charge in [-0.1, -0.05) is 6.07 Å². The van der Waals surface area contributed by atoms with Crippen molar-refractivity contribution in [3.63, 3.8) is 0 Å². The van der Waals surface area contributed by atoms with Crippen molar-refractivity contribution in [1.29, 1.82) is 0 Å². The third-order valence-corrected chi connectivity index (χ3v) is 2.69. The van der Waals surface area contributed by atoms with Crippen LogP contribution in [0.5, 0.6) is 5.75 Å². The first-order chi connectivity index (χ1) is 8.79. The summed E-state index contributed by atoms with van der Waals surface area (Å²) in [6.07, 6.45) is 0. The van der Waals surface area contributed by atoms with Crippen molar-refractivity contribution in [3.8, 4) is 5.75 Å². The number of benzene rings is 1. The molecule has 0 atom stereocenters. The van der Waals surface area contributed by atoms with E-state index < -0.39 is 23.1 Å². The summed E-state index contributed by atoms with van der Waals surface area (Å²) in [4.78, 5) is 22.8. The van der Waals surface area contributed by atoms with Crippen LogP contribution < -0.4 is 10.1 Å². The zero-order valence-electron chi connectivity index (χ0n) is 11.0. The van der Waals surface area contributed by atoms with Crippen LogP contribution in [-0.2, 0) is 4.79 Å². The van der Waals surface area contributed by atoms with Crippen LogP contribution in [0.4, 0.5) is 4.39 Å². The molecule has 1 aromatic carbocycles. The first-order valence-electron chi connectivity index (χ1n) is 5.63. The Kier molecular flexibility index (Phi) is 4.47. The van der Waals surface area contributed by atoms with E-state index in [2.05, 4.69) is 5.32 Å². The molecule has 1 aromatic rings. The lowest BCUT2D eigenvalue weighted by molar-refractivity contribution is -0.146. The molecule has 0 saturated carbocycles. The van der Waals surface area contributed by atoms with E-state index in [0.29, 0.717) is 0 Å². The molecular weight excluding hydrogens is 253 g/mol. The second-order valence-electron chi connectivity index (χ2n) is 4.69. The summed E-state index contributed by atoms with van der Waals surface area (Å²) < 4.78 is 18.5. The molecule has 19 heavy (non-hydrogen) atoms. The quantitative estimate of drug-likeness (QED) is 0.852. The van der Waals surface area contributed by atoms with Crippen LogP contribution in [0, 0.1) is 11.2 Å². The Balaban J connectivity index is 2.88. The predicted molar refractivity (Wildman–Crippen MR) is 66.7 cm³/mol. The number of carbonyl (C=O) groups excluding carboxylic acids is 1. The van der Waals surface area contributed by atoms with Crippen LogP contribution in [0.25, 0.3) is 0 Å². The number of hydrogen-bond donors (Lipinski definition) is 2. The van der Waals surface area contributed by atoms with E-state index in [9.17, 15) is 14.0 Å². The topological polar surface area (TPSA) is 75.6 Å². The number of rotatable bonds is 5. The SMILES string of the molecule is COc1cccc(F)c1C(=O)NCC(C)(C)C(=O)O. The molecule has 104 valence electrons. The Morgan fingerprint density at radius 2 is 2.05 bits per heavy atom. The molecule has 0 aliphatic heterocycles. The van der Waals surface area contributed by atoms with Crippen molar-refractivity contribution in [2.45, 2.75) is 13.8 Å². The van der Waals surface area contributed by atoms with Gasteiger partial charge in [-0.05, 0) is 26.0 Å². The number of aliphatic carboxylic acids is 1. The van der Waals surface area contributed by atoms with Crippen LogP contribution in [0.2, 0.25) is 0 Å². The van der Waals surface area contributed by atoms with Crippen molar-refractivity contribution in [3.05, 3.63) is 29.6 Å². The largest absolute Gasteiger partial charge is 0.496 e. The van der Waals surface area contributed by atoms with Gasteiger partial charge in [0.25, 0.3) is 5.91 Å². The first-order valence-corrected chi connectivity index (χ1v) is 5.63. The van der Waals surface area contributed by atoms with Crippen LogP contribution in [0.3, 0.4) is 0 Å². The lowest BCUT2D eigenvalue weighted by Gasteiger charge is -2.20. The summed E-state index contributed by atoms with van der Waals surface area (Å²) in [6.45, 7) is 2.82. The summed E-state index contributed by atoms with van der Waals surface area (Å²) in [7, 11) is 1.33. The zero-order valence-corrected chi connectivity index (χ0v) is 11.0. The van der Waals surface area contributed by atoms with E-state index in [0.717, 1.165) is 6.07 Å². The Morgan fingerprint density at radius 3 is 2.58 bits per heavy atom. The lowest BCUT2D eigenvalue weighted by atomic mass is 9.94. The van der Waals surface area contributed by atoms with Crippen LogP contribution in [0.15, 0.2) is 18.2 Å². The standard InChI is InChI=1S/C13H16FNO4/c1-13(2,12(17)18)7-15-11(16)10-8(14)5-4-6-9(10)19-3/h4-6H,7H2,1-3H3,(H,15,16)(H,17,18). The molecular formula is C13H16FNO4. The molecule has 2 N–H and O–H groups in total. The average Bonchev–Trinajstić information content (AvgIpc) is 2.35. The third kappa shape index (κ3) is 3.43. The fraction of sp³-hybridized carbons (Fsp3) is 0.385. The minimum atomic E-state index is -1.13. The van der Waals surface area contributed by atoms with Gasteiger partial charge >= 0.3 is 5.97 Å². The summed E-state index contributed by atoms with van der Waals surface area (Å²) in [5.41, 5.74) is -1.36. The fourth-order valence-corrected chi connectivity index (χ4v) is 1.36. The van der Waals surface area contributed by atoms with Gasteiger partial charge in [0.1, 0.15) is 17.1 Å². The number of carbonyl (C=O) groups is 2. The smallest absolute Gasteiger partial charge is 0.310 e. The van der Waals surface area contributed by atoms with Gasteiger partial charge in [-0.3, -0.25) is 9.59 Å². The number of carboxylic acids is 1. The molecule has 0 aliphatic rings. The van der Waals surface area contributed by atoms with Gasteiger partial charge in [-0.2, -0.15) is 0 Å². The molecule has 1 amide bonds. The molecule has 0 bridgehead atoms. The highest BCUT2D eigenvalue weighted by atomic mass is 19.1. The maximum atomic E-state index is 13.6. The van der Waals surface area contributed by atoms with Gasteiger partial charge in [0.15, 0.2) is 0 Å². The zero-order chi connectivity index (χ0) is 14.6. The summed E-state index contributed by atoms with van der Waals surface area (Å²) in [5, 5.41) is 11.3. The predicted octanol–water partition coefficient (Wildman–Crippen LogP) is 1.67. The Labute approximate surface area is 110 Å². The van der Waals surface area contributed by atoms with Crippen molar-refractivity contribution in [2.75, 3.05) is 13.7 Å². The minimum Gasteiger partial charge on any atom is -0.496 e. The normalized spacial score (nSPS) is 10.9. The summed E-state index contributed by atoms with van der Waals surface area (Å²) in [5.74, 6) is -2.37. The molecule has 0 aromatic heterocycles. The summed E-state index contributed by atoms with van der Waals surface area (Å²) in [6, 6.07) is 4.02. The van der Waals surface area contributed by atoms with Crippen molar-refractivity contribution in [1.82, 2.24) is 5.32 Å². The molecule has 0 unspecified atom stereocenters. The van der Waals surface area contributed by atoms with E-state index in [-0.39, 0.29) is 17.9 Å². The fourth-order valence-electron chi connectivity index (χ4n) is 1.36. The summed E-state index contributed by atoms with van der Waals surface area (Å²) >= 11 is 0. The monoisotopic (exact) mass is 269 g/mol. The minimum absolute atomic E-state index is 0.102. The van der Waals surface area contributed by atoms with E-state index in [1.165, 1.54) is 33.1 Å². The number of methoxy groups -OCH3 is 1.